The number of phenols is 1. The third kappa shape index (κ3) is 8.30. The highest BCUT2D eigenvalue weighted by molar-refractivity contribution is 5.95. The number of benzene rings is 2. The minimum Gasteiger partial charge on any atom is -0.508 e. The first-order valence-electron chi connectivity index (χ1n) is 13.8. The first kappa shape index (κ1) is 32.1. The van der Waals surface area contributed by atoms with E-state index in [1.54, 1.807) is 32.2 Å². The number of amides is 3. The van der Waals surface area contributed by atoms with Crippen molar-refractivity contribution in [3.63, 3.8) is 0 Å². The summed E-state index contributed by atoms with van der Waals surface area (Å²) in [5, 5.41) is 37.9. The van der Waals surface area contributed by atoms with Gasteiger partial charge in [-0.25, -0.2) is 4.79 Å². The maximum absolute atomic E-state index is 13.6. The molecule has 6 unspecified atom stereocenters. The van der Waals surface area contributed by atoms with E-state index >= 15 is 0 Å². The lowest BCUT2D eigenvalue weighted by Gasteiger charge is -2.27. The molecule has 42 heavy (non-hydrogen) atoms. The van der Waals surface area contributed by atoms with Crippen LogP contribution in [0.25, 0.3) is 10.9 Å². The van der Waals surface area contributed by atoms with E-state index in [9.17, 15) is 34.5 Å². The molecule has 12 nitrogen and oxygen atoms in total. The average Bonchev–Trinajstić information content (AvgIpc) is 3.37. The molecular formula is C30H39N5O7. The van der Waals surface area contributed by atoms with Crippen LogP contribution in [0, 0.1) is 5.92 Å². The van der Waals surface area contributed by atoms with Crippen LogP contribution in [-0.4, -0.2) is 74.3 Å². The van der Waals surface area contributed by atoms with Crippen molar-refractivity contribution in [3.05, 3.63) is 65.9 Å². The van der Waals surface area contributed by atoms with Gasteiger partial charge in [0.1, 0.15) is 23.9 Å². The number of aliphatic carboxylic acids is 1. The van der Waals surface area contributed by atoms with Crippen LogP contribution in [0.5, 0.6) is 5.75 Å². The second-order valence-corrected chi connectivity index (χ2v) is 10.5. The molecule has 0 spiro atoms. The van der Waals surface area contributed by atoms with E-state index in [2.05, 4.69) is 20.9 Å². The number of carboxylic acids is 1. The number of fused-ring (bicyclic) bond motifs is 1. The molecule has 1 heterocycles. The normalized spacial score (nSPS) is 15.5. The van der Waals surface area contributed by atoms with E-state index in [0.717, 1.165) is 16.5 Å². The van der Waals surface area contributed by atoms with Crippen molar-refractivity contribution in [3.8, 4) is 5.75 Å². The quantitative estimate of drug-likeness (QED) is 0.137. The van der Waals surface area contributed by atoms with E-state index in [1.807, 2.05) is 24.3 Å². The molecule has 2 aromatic carbocycles. The number of carboxylic acid groups (broad SMARTS) is 1. The average molecular weight is 582 g/mol. The van der Waals surface area contributed by atoms with E-state index in [4.69, 9.17) is 5.73 Å². The molecule has 9 N–H and O–H groups in total. The number of aliphatic hydroxyl groups excluding tert-OH is 1. The zero-order valence-corrected chi connectivity index (χ0v) is 23.8. The fraction of sp³-hybridized carbons (Fsp3) is 0.400. The molecule has 0 bridgehead atoms. The van der Waals surface area contributed by atoms with Gasteiger partial charge in [0, 0.05) is 23.5 Å². The minimum atomic E-state index is -1.49. The molecule has 0 saturated carbocycles. The Balaban J connectivity index is 1.82. The number of para-hydroxylation sites is 1. The van der Waals surface area contributed by atoms with Crippen LogP contribution in [0.2, 0.25) is 0 Å². The smallest absolute Gasteiger partial charge is 0.326 e. The number of nitrogens with one attached hydrogen (secondary N) is 4. The van der Waals surface area contributed by atoms with Crippen molar-refractivity contribution in [2.75, 3.05) is 0 Å². The van der Waals surface area contributed by atoms with Gasteiger partial charge in [-0.2, -0.15) is 0 Å². The zero-order valence-electron chi connectivity index (χ0n) is 23.8. The van der Waals surface area contributed by atoms with Crippen molar-refractivity contribution >= 4 is 34.6 Å². The van der Waals surface area contributed by atoms with E-state index in [0.29, 0.717) is 12.0 Å². The van der Waals surface area contributed by atoms with Crippen molar-refractivity contribution in [2.45, 2.75) is 70.3 Å². The summed E-state index contributed by atoms with van der Waals surface area (Å²) in [4.78, 5) is 54.6. The molecule has 3 aromatic rings. The number of aromatic hydroxyl groups is 1. The molecule has 0 radical (unpaired) electrons. The fourth-order valence-corrected chi connectivity index (χ4v) is 4.57. The highest BCUT2D eigenvalue weighted by Gasteiger charge is 2.34. The second-order valence-electron chi connectivity index (χ2n) is 10.5. The summed E-state index contributed by atoms with van der Waals surface area (Å²) < 4.78 is 0. The fourth-order valence-electron chi connectivity index (χ4n) is 4.57. The lowest BCUT2D eigenvalue weighted by atomic mass is 9.98. The van der Waals surface area contributed by atoms with Crippen molar-refractivity contribution in [2.24, 2.45) is 11.7 Å². The number of aromatic amines is 1. The number of carbonyl (C=O) groups is 4. The number of hydrogen-bond acceptors (Lipinski definition) is 7. The van der Waals surface area contributed by atoms with Gasteiger partial charge in [-0.3, -0.25) is 14.4 Å². The standard InChI is InChI=1S/C30H39N5O7/c1-4-16(2)25(30(41)42)34-29(40)26(17(3)36)35-28(39)24(14-19-15-32-23-8-6-5-7-21(19)23)33-27(38)22(31)13-18-9-11-20(37)12-10-18/h5-12,15-17,22,24-26,32,36-37H,4,13-14,31H2,1-3H3,(H,33,38)(H,34,40)(H,35,39)(H,41,42). The summed E-state index contributed by atoms with van der Waals surface area (Å²) in [6.45, 7) is 4.75. The molecule has 0 saturated heterocycles. The Bertz CT molecular complexity index is 1390. The van der Waals surface area contributed by atoms with Crippen LogP contribution in [-0.2, 0) is 32.0 Å². The molecule has 0 aliphatic rings. The first-order valence-corrected chi connectivity index (χ1v) is 13.8. The minimum absolute atomic E-state index is 0.0340. The number of hydrogen-bond donors (Lipinski definition) is 8. The topological polar surface area (TPSA) is 207 Å². The molecule has 0 aliphatic carbocycles. The van der Waals surface area contributed by atoms with Crippen molar-refractivity contribution in [1.29, 1.82) is 0 Å². The number of phenolic OH excluding ortho intramolecular Hbond substituents is 1. The predicted octanol–water partition coefficient (Wildman–Crippen LogP) is 0.952. The molecule has 226 valence electrons. The first-order chi connectivity index (χ1) is 19.9. The zero-order chi connectivity index (χ0) is 31.0. The van der Waals surface area contributed by atoms with Crippen LogP contribution >= 0.6 is 0 Å². The Hall–Kier alpha value is -4.42. The highest BCUT2D eigenvalue weighted by atomic mass is 16.4. The number of rotatable bonds is 14. The SMILES string of the molecule is CCC(C)C(NC(=O)C(NC(=O)C(Cc1c[nH]c2ccccc12)NC(=O)C(N)Cc1ccc(O)cc1)C(C)O)C(=O)O. The molecule has 6 atom stereocenters. The van der Waals surface area contributed by atoms with Gasteiger partial charge in [-0.15, -0.1) is 0 Å². The Morgan fingerprint density at radius 1 is 0.881 bits per heavy atom. The Labute approximate surface area is 243 Å². The van der Waals surface area contributed by atoms with Crippen molar-refractivity contribution < 1.29 is 34.5 Å². The summed E-state index contributed by atoms with van der Waals surface area (Å²) in [7, 11) is 0. The third-order valence-corrected chi connectivity index (χ3v) is 7.30. The van der Waals surface area contributed by atoms with Crippen molar-refractivity contribution in [1.82, 2.24) is 20.9 Å². The Morgan fingerprint density at radius 2 is 1.52 bits per heavy atom. The summed E-state index contributed by atoms with van der Waals surface area (Å²) in [6, 6.07) is 8.70. The maximum Gasteiger partial charge on any atom is 0.326 e. The summed E-state index contributed by atoms with van der Waals surface area (Å²) in [6.07, 6.45) is 0.994. The van der Waals surface area contributed by atoms with Gasteiger partial charge >= 0.3 is 5.97 Å². The van der Waals surface area contributed by atoms with Crippen LogP contribution in [0.4, 0.5) is 0 Å². The molecule has 3 rings (SSSR count). The number of nitrogens with two attached hydrogens (primary N) is 1. The summed E-state index contributed by atoms with van der Waals surface area (Å²) in [5.74, 6) is -3.82. The molecular weight excluding hydrogens is 542 g/mol. The molecule has 0 fully saturated rings. The van der Waals surface area contributed by atoms with Gasteiger partial charge in [-0.1, -0.05) is 50.6 Å². The van der Waals surface area contributed by atoms with Crippen LogP contribution in [0.15, 0.2) is 54.7 Å². The summed E-state index contributed by atoms with van der Waals surface area (Å²) >= 11 is 0. The van der Waals surface area contributed by atoms with Crippen LogP contribution in [0.3, 0.4) is 0 Å². The van der Waals surface area contributed by atoms with Gasteiger partial charge in [0.05, 0.1) is 12.1 Å². The van der Waals surface area contributed by atoms with Gasteiger partial charge in [0.25, 0.3) is 0 Å². The third-order valence-electron chi connectivity index (χ3n) is 7.30. The van der Waals surface area contributed by atoms with Gasteiger partial charge in [0.2, 0.25) is 17.7 Å². The second kappa shape index (κ2) is 14.5. The number of H-pyrrole nitrogens is 1. The lowest BCUT2D eigenvalue weighted by Crippen LogP contribution is -2.60. The summed E-state index contributed by atoms with van der Waals surface area (Å²) in [5.41, 5.74) is 8.40. The van der Waals surface area contributed by atoms with E-state index in [-0.39, 0.29) is 18.6 Å². The van der Waals surface area contributed by atoms with E-state index in [1.165, 1.54) is 19.1 Å². The molecule has 3 amide bonds. The Morgan fingerprint density at radius 3 is 2.14 bits per heavy atom. The molecule has 12 heteroatoms. The van der Waals surface area contributed by atoms with Gasteiger partial charge in [-0.05, 0) is 48.6 Å². The number of carbonyl (C=O) groups excluding carboxylic acids is 3. The molecule has 0 aliphatic heterocycles. The van der Waals surface area contributed by atoms with Crippen LogP contribution < -0.4 is 21.7 Å². The van der Waals surface area contributed by atoms with Gasteiger partial charge in [0.15, 0.2) is 0 Å². The highest BCUT2D eigenvalue weighted by Crippen LogP contribution is 2.20. The lowest BCUT2D eigenvalue weighted by molar-refractivity contribution is -0.144. The Kier molecular flexibility index (Phi) is 11.1. The van der Waals surface area contributed by atoms with Gasteiger partial charge < -0.3 is 42.0 Å². The van der Waals surface area contributed by atoms with Crippen LogP contribution in [0.1, 0.15) is 38.3 Å². The maximum atomic E-state index is 13.6. The largest absolute Gasteiger partial charge is 0.508 e. The van der Waals surface area contributed by atoms with E-state index < -0.39 is 59.9 Å². The molecule has 1 aromatic heterocycles. The monoisotopic (exact) mass is 581 g/mol. The number of aromatic nitrogens is 1. The predicted molar refractivity (Wildman–Crippen MR) is 156 cm³/mol. The number of aliphatic hydroxyl groups is 1.